The van der Waals surface area contributed by atoms with Crippen molar-refractivity contribution < 1.29 is 14.3 Å². The summed E-state index contributed by atoms with van der Waals surface area (Å²) < 4.78 is 5.19. The summed E-state index contributed by atoms with van der Waals surface area (Å²) in [7, 11) is 1.65. The molecule has 3 rings (SSSR count). The third kappa shape index (κ3) is 7.07. The monoisotopic (exact) mass is 465 g/mol. The Balaban J connectivity index is 1.50. The zero-order valence-electron chi connectivity index (χ0n) is 21.1. The molecule has 0 saturated carbocycles. The molecule has 34 heavy (non-hydrogen) atoms. The van der Waals surface area contributed by atoms with E-state index in [0.29, 0.717) is 45.1 Å². The Morgan fingerprint density at radius 3 is 2.15 bits per heavy atom. The summed E-state index contributed by atoms with van der Waals surface area (Å²) >= 11 is 0. The predicted octanol–water partition coefficient (Wildman–Crippen LogP) is 4.23. The van der Waals surface area contributed by atoms with Crippen LogP contribution in [0.2, 0.25) is 0 Å². The van der Waals surface area contributed by atoms with Crippen LogP contribution in [-0.2, 0) is 17.8 Å². The van der Waals surface area contributed by atoms with Gasteiger partial charge in [-0.1, -0.05) is 31.2 Å². The SMILES string of the molecule is CCN(Cc1ccc(C(=O)N2CCCN(C(=O)CCc3ccc(OC)cc3)CC2)cc1)C(C)C. The van der Waals surface area contributed by atoms with E-state index in [1.54, 1.807) is 7.11 Å². The third-order valence-electron chi connectivity index (χ3n) is 6.65. The molecule has 6 nitrogen and oxygen atoms in total. The zero-order valence-corrected chi connectivity index (χ0v) is 21.1. The van der Waals surface area contributed by atoms with Gasteiger partial charge in [-0.05, 0) is 68.6 Å². The molecule has 2 amide bonds. The van der Waals surface area contributed by atoms with E-state index in [0.717, 1.165) is 36.4 Å². The molecule has 1 aliphatic heterocycles. The number of methoxy groups -OCH3 is 1. The molecule has 0 bridgehead atoms. The van der Waals surface area contributed by atoms with Crippen molar-refractivity contribution in [3.8, 4) is 5.75 Å². The van der Waals surface area contributed by atoms with Crippen LogP contribution in [0.4, 0.5) is 0 Å². The number of hydrogen-bond acceptors (Lipinski definition) is 4. The van der Waals surface area contributed by atoms with Crippen molar-refractivity contribution >= 4 is 11.8 Å². The van der Waals surface area contributed by atoms with Crippen LogP contribution in [0, 0.1) is 0 Å². The Kier molecular flexibility index (Phi) is 9.52. The van der Waals surface area contributed by atoms with Crippen molar-refractivity contribution in [2.75, 3.05) is 39.8 Å². The maximum absolute atomic E-state index is 13.1. The molecular weight excluding hydrogens is 426 g/mol. The van der Waals surface area contributed by atoms with Crippen LogP contribution in [0.3, 0.4) is 0 Å². The van der Waals surface area contributed by atoms with Crippen molar-refractivity contribution in [1.29, 1.82) is 0 Å². The number of aryl methyl sites for hydroxylation is 1. The zero-order chi connectivity index (χ0) is 24.5. The normalized spacial score (nSPS) is 14.4. The number of benzene rings is 2. The number of hydrogen-bond donors (Lipinski definition) is 0. The average molecular weight is 466 g/mol. The van der Waals surface area contributed by atoms with Gasteiger partial charge >= 0.3 is 0 Å². The van der Waals surface area contributed by atoms with Crippen LogP contribution in [0.1, 0.15) is 55.1 Å². The van der Waals surface area contributed by atoms with Gasteiger partial charge in [0.1, 0.15) is 5.75 Å². The number of carbonyl (C=O) groups excluding carboxylic acids is 2. The summed E-state index contributed by atoms with van der Waals surface area (Å²) in [6, 6.07) is 16.3. The molecule has 0 radical (unpaired) electrons. The highest BCUT2D eigenvalue weighted by atomic mass is 16.5. The van der Waals surface area contributed by atoms with Crippen LogP contribution in [0.15, 0.2) is 48.5 Å². The van der Waals surface area contributed by atoms with Crippen molar-refractivity contribution in [3.63, 3.8) is 0 Å². The maximum Gasteiger partial charge on any atom is 0.253 e. The Morgan fingerprint density at radius 2 is 1.53 bits per heavy atom. The Hall–Kier alpha value is -2.86. The summed E-state index contributed by atoms with van der Waals surface area (Å²) in [6.45, 7) is 11.0. The van der Waals surface area contributed by atoms with E-state index in [2.05, 4.69) is 37.8 Å². The molecule has 1 aliphatic rings. The van der Waals surface area contributed by atoms with E-state index in [-0.39, 0.29) is 11.8 Å². The van der Waals surface area contributed by atoms with Crippen LogP contribution >= 0.6 is 0 Å². The minimum atomic E-state index is 0.0512. The van der Waals surface area contributed by atoms with Crippen molar-refractivity contribution in [3.05, 3.63) is 65.2 Å². The summed E-state index contributed by atoms with van der Waals surface area (Å²) in [5.41, 5.74) is 3.06. The predicted molar refractivity (Wildman–Crippen MR) is 136 cm³/mol. The van der Waals surface area contributed by atoms with E-state index >= 15 is 0 Å². The molecule has 2 aromatic carbocycles. The fourth-order valence-corrected chi connectivity index (χ4v) is 4.40. The molecule has 184 valence electrons. The highest BCUT2D eigenvalue weighted by molar-refractivity contribution is 5.94. The molecule has 6 heteroatoms. The molecule has 0 unspecified atom stereocenters. The Labute approximate surface area is 204 Å². The molecule has 2 aromatic rings. The van der Waals surface area contributed by atoms with Gasteiger partial charge in [-0.3, -0.25) is 14.5 Å². The first-order valence-corrected chi connectivity index (χ1v) is 12.4. The quantitative estimate of drug-likeness (QED) is 0.556. The lowest BCUT2D eigenvalue weighted by molar-refractivity contribution is -0.131. The molecular formula is C28H39N3O3. The summed E-state index contributed by atoms with van der Waals surface area (Å²) in [6.07, 6.45) is 1.99. The molecule has 0 aliphatic carbocycles. The first-order valence-electron chi connectivity index (χ1n) is 12.4. The lowest BCUT2D eigenvalue weighted by Crippen LogP contribution is -2.37. The van der Waals surface area contributed by atoms with E-state index in [4.69, 9.17) is 4.74 Å². The van der Waals surface area contributed by atoms with Gasteiger partial charge in [0, 0.05) is 50.7 Å². The van der Waals surface area contributed by atoms with Gasteiger partial charge in [-0.15, -0.1) is 0 Å². The number of carbonyl (C=O) groups is 2. The van der Waals surface area contributed by atoms with Gasteiger partial charge < -0.3 is 14.5 Å². The number of rotatable bonds is 9. The van der Waals surface area contributed by atoms with Crippen molar-refractivity contribution in [2.45, 2.75) is 52.6 Å². The fraction of sp³-hybridized carbons (Fsp3) is 0.500. The molecule has 0 N–H and O–H groups in total. The van der Waals surface area contributed by atoms with Gasteiger partial charge in [0.25, 0.3) is 5.91 Å². The van der Waals surface area contributed by atoms with Gasteiger partial charge in [0.2, 0.25) is 5.91 Å². The molecule has 1 saturated heterocycles. The van der Waals surface area contributed by atoms with E-state index in [1.807, 2.05) is 46.2 Å². The fourth-order valence-electron chi connectivity index (χ4n) is 4.40. The van der Waals surface area contributed by atoms with Gasteiger partial charge in [0.15, 0.2) is 0 Å². The highest BCUT2D eigenvalue weighted by Gasteiger charge is 2.23. The number of amides is 2. The lowest BCUT2D eigenvalue weighted by Gasteiger charge is -2.25. The van der Waals surface area contributed by atoms with Crippen LogP contribution in [0.25, 0.3) is 0 Å². The van der Waals surface area contributed by atoms with Crippen molar-refractivity contribution in [2.24, 2.45) is 0 Å². The second-order valence-corrected chi connectivity index (χ2v) is 9.23. The van der Waals surface area contributed by atoms with Crippen LogP contribution < -0.4 is 4.74 Å². The van der Waals surface area contributed by atoms with Crippen molar-refractivity contribution in [1.82, 2.24) is 14.7 Å². The average Bonchev–Trinajstić information content (AvgIpc) is 3.12. The largest absolute Gasteiger partial charge is 0.497 e. The Morgan fingerprint density at radius 1 is 0.912 bits per heavy atom. The minimum Gasteiger partial charge on any atom is -0.497 e. The van der Waals surface area contributed by atoms with Crippen LogP contribution in [-0.4, -0.2) is 72.4 Å². The molecule has 0 atom stereocenters. The standard InChI is InChI=1S/C28H39N3O3/c1-5-29(22(2)3)21-24-7-12-25(13-8-24)28(33)31-18-6-17-30(19-20-31)27(32)16-11-23-9-14-26(34-4)15-10-23/h7-10,12-15,22H,5-6,11,16-21H2,1-4H3. The lowest BCUT2D eigenvalue weighted by atomic mass is 10.1. The molecule has 1 fully saturated rings. The van der Waals surface area contributed by atoms with E-state index in [1.165, 1.54) is 5.56 Å². The number of nitrogens with zero attached hydrogens (tertiary/aromatic N) is 3. The first-order chi connectivity index (χ1) is 16.4. The summed E-state index contributed by atoms with van der Waals surface area (Å²) in [5.74, 6) is 1.02. The Bertz CT molecular complexity index is 925. The van der Waals surface area contributed by atoms with E-state index in [9.17, 15) is 9.59 Å². The van der Waals surface area contributed by atoms with Crippen LogP contribution in [0.5, 0.6) is 5.75 Å². The topological polar surface area (TPSA) is 53.1 Å². The number of ether oxygens (including phenoxy) is 1. The van der Waals surface area contributed by atoms with Gasteiger partial charge in [0.05, 0.1) is 7.11 Å². The van der Waals surface area contributed by atoms with Gasteiger partial charge in [-0.25, -0.2) is 0 Å². The molecule has 1 heterocycles. The summed E-state index contributed by atoms with van der Waals surface area (Å²) in [4.78, 5) is 32.1. The minimum absolute atomic E-state index is 0.0512. The third-order valence-corrected chi connectivity index (χ3v) is 6.65. The highest BCUT2D eigenvalue weighted by Crippen LogP contribution is 2.16. The molecule has 0 aromatic heterocycles. The summed E-state index contributed by atoms with van der Waals surface area (Å²) in [5, 5.41) is 0. The molecule has 0 spiro atoms. The van der Waals surface area contributed by atoms with Gasteiger partial charge in [-0.2, -0.15) is 0 Å². The second-order valence-electron chi connectivity index (χ2n) is 9.23. The smallest absolute Gasteiger partial charge is 0.253 e. The van der Waals surface area contributed by atoms with E-state index < -0.39 is 0 Å². The second kappa shape index (κ2) is 12.6. The maximum atomic E-state index is 13.1. The first kappa shape index (κ1) is 25.8.